The summed E-state index contributed by atoms with van der Waals surface area (Å²) in [7, 11) is 0. The molecule has 2 aromatic rings. The highest BCUT2D eigenvalue weighted by Crippen LogP contribution is 2.08. The molecule has 22 heavy (non-hydrogen) atoms. The number of hydrogen-bond donors (Lipinski definition) is 1. The molecule has 0 aliphatic heterocycles. The first-order valence-corrected chi connectivity index (χ1v) is 6.68. The van der Waals surface area contributed by atoms with Crippen LogP contribution >= 0.6 is 0 Å². The first-order valence-electron chi connectivity index (χ1n) is 6.68. The maximum Gasteiger partial charge on any atom is 0.380 e. The predicted molar refractivity (Wildman–Crippen MR) is 82.9 cm³/mol. The van der Waals surface area contributed by atoms with Gasteiger partial charge in [0.2, 0.25) is 0 Å². The third-order valence-corrected chi connectivity index (χ3v) is 2.42. The molecule has 0 amide bonds. The number of anilines is 1. The van der Waals surface area contributed by atoms with Crippen LogP contribution in [0.5, 0.6) is 0 Å². The van der Waals surface area contributed by atoms with Crippen LogP contribution < -0.4 is 5.43 Å². The van der Waals surface area contributed by atoms with E-state index in [9.17, 15) is 4.79 Å². The fraction of sp³-hybridized carbons (Fsp3) is 0.133. The van der Waals surface area contributed by atoms with Gasteiger partial charge in [-0.1, -0.05) is 24.3 Å². The van der Waals surface area contributed by atoms with Gasteiger partial charge in [-0.2, -0.15) is 0 Å². The molecule has 1 N–H and O–H groups in total. The van der Waals surface area contributed by atoms with Crippen molar-refractivity contribution in [1.29, 1.82) is 0 Å². The van der Waals surface area contributed by atoms with Crippen molar-refractivity contribution in [1.82, 2.24) is 4.98 Å². The summed E-state index contributed by atoms with van der Waals surface area (Å²) in [5, 5.41) is 11.6. The number of benzene rings is 1. The number of azo groups is 1. The standard InChI is InChI=1S/C15H15N5O2/c1-2-22-15(21)14(19-17-12-8-4-3-5-9-12)20-18-13-10-6-7-11-16-13/h3-11,17H,2H2,1H3/b19-14-,20-18?. The van der Waals surface area contributed by atoms with Gasteiger partial charge in [-0.3, -0.25) is 5.43 Å². The van der Waals surface area contributed by atoms with E-state index in [1.54, 1.807) is 31.3 Å². The average molecular weight is 297 g/mol. The molecule has 2 rings (SSSR count). The third-order valence-electron chi connectivity index (χ3n) is 2.42. The number of pyridine rings is 1. The van der Waals surface area contributed by atoms with Gasteiger partial charge in [0, 0.05) is 6.20 Å². The minimum absolute atomic E-state index is 0.184. The monoisotopic (exact) mass is 297 g/mol. The molecule has 0 saturated heterocycles. The van der Waals surface area contributed by atoms with Crippen molar-refractivity contribution in [3.8, 4) is 0 Å². The molecule has 0 aliphatic rings. The van der Waals surface area contributed by atoms with Crippen LogP contribution in [0.4, 0.5) is 11.5 Å². The maximum absolute atomic E-state index is 11.8. The second-order valence-corrected chi connectivity index (χ2v) is 4.02. The minimum atomic E-state index is -0.661. The zero-order chi connectivity index (χ0) is 15.6. The molecule has 7 nitrogen and oxygen atoms in total. The lowest BCUT2D eigenvalue weighted by Crippen LogP contribution is -2.16. The van der Waals surface area contributed by atoms with E-state index >= 15 is 0 Å². The molecule has 0 spiro atoms. The van der Waals surface area contributed by atoms with Gasteiger partial charge in [-0.05, 0) is 31.2 Å². The van der Waals surface area contributed by atoms with Crippen LogP contribution in [0.1, 0.15) is 6.92 Å². The lowest BCUT2D eigenvalue weighted by Gasteiger charge is -2.02. The molecule has 1 aromatic carbocycles. The molecule has 112 valence electrons. The number of amidine groups is 1. The smallest absolute Gasteiger partial charge is 0.380 e. The highest BCUT2D eigenvalue weighted by atomic mass is 16.5. The first-order chi connectivity index (χ1) is 10.8. The minimum Gasteiger partial charge on any atom is -0.460 e. The summed E-state index contributed by atoms with van der Waals surface area (Å²) in [5.41, 5.74) is 3.45. The van der Waals surface area contributed by atoms with Gasteiger partial charge in [-0.15, -0.1) is 15.3 Å². The third kappa shape index (κ3) is 4.78. The molecule has 1 heterocycles. The largest absolute Gasteiger partial charge is 0.460 e. The zero-order valence-electron chi connectivity index (χ0n) is 12.0. The van der Waals surface area contributed by atoms with Crippen molar-refractivity contribution in [2.24, 2.45) is 15.3 Å². The molecule has 0 aliphatic carbocycles. The molecule has 0 unspecified atom stereocenters. The highest BCUT2D eigenvalue weighted by molar-refractivity contribution is 6.35. The SMILES string of the molecule is CCOC(=O)/C(N=Nc1ccccn1)=N/Nc1ccccc1. The van der Waals surface area contributed by atoms with Crippen LogP contribution in [0.2, 0.25) is 0 Å². The molecule has 0 atom stereocenters. The van der Waals surface area contributed by atoms with Crippen LogP contribution in [0.3, 0.4) is 0 Å². The Hall–Kier alpha value is -3.09. The van der Waals surface area contributed by atoms with Gasteiger partial charge in [0.15, 0.2) is 5.82 Å². The molecule has 0 fully saturated rings. The fourth-order valence-corrected chi connectivity index (χ4v) is 1.45. The molecule has 1 aromatic heterocycles. The van der Waals surface area contributed by atoms with E-state index in [0.717, 1.165) is 5.69 Å². The van der Waals surface area contributed by atoms with E-state index in [0.29, 0.717) is 5.82 Å². The van der Waals surface area contributed by atoms with Crippen molar-refractivity contribution in [3.05, 3.63) is 54.7 Å². The number of hydrogen-bond acceptors (Lipinski definition) is 6. The number of carbonyl (C=O) groups excluding carboxylic acids is 1. The van der Waals surface area contributed by atoms with Crippen molar-refractivity contribution in [3.63, 3.8) is 0 Å². The first kappa shape index (κ1) is 15.3. The van der Waals surface area contributed by atoms with Gasteiger partial charge in [0.05, 0.1) is 12.3 Å². The van der Waals surface area contributed by atoms with Crippen LogP contribution in [0.25, 0.3) is 0 Å². The summed E-state index contributed by atoms with van der Waals surface area (Å²) >= 11 is 0. The second kappa shape index (κ2) is 8.25. The Morgan fingerprint density at radius 1 is 1.18 bits per heavy atom. The van der Waals surface area contributed by atoms with Gasteiger partial charge < -0.3 is 4.74 Å². The Bertz CT molecular complexity index is 656. The summed E-state index contributed by atoms with van der Waals surface area (Å²) < 4.78 is 4.90. The topological polar surface area (TPSA) is 88.3 Å². The molecule has 7 heteroatoms. The number of hydrazone groups is 1. The van der Waals surface area contributed by atoms with Crippen LogP contribution in [0, 0.1) is 0 Å². The van der Waals surface area contributed by atoms with Crippen LogP contribution in [-0.4, -0.2) is 23.4 Å². The average Bonchev–Trinajstić information content (AvgIpc) is 2.57. The molecule has 0 radical (unpaired) electrons. The Labute approximate surface area is 127 Å². The fourth-order valence-electron chi connectivity index (χ4n) is 1.45. The summed E-state index contributed by atoms with van der Waals surface area (Å²) in [6.45, 7) is 1.93. The Morgan fingerprint density at radius 2 is 1.95 bits per heavy atom. The van der Waals surface area contributed by atoms with Crippen molar-refractivity contribution in [2.75, 3.05) is 12.0 Å². The van der Waals surface area contributed by atoms with E-state index in [-0.39, 0.29) is 12.4 Å². The molecule has 0 bridgehead atoms. The van der Waals surface area contributed by atoms with E-state index in [4.69, 9.17) is 4.74 Å². The Balaban J connectivity index is 2.15. The number of nitrogens with zero attached hydrogens (tertiary/aromatic N) is 4. The Kier molecular flexibility index (Phi) is 5.74. The quantitative estimate of drug-likeness (QED) is 0.309. The Morgan fingerprint density at radius 3 is 2.64 bits per heavy atom. The number of nitrogens with one attached hydrogen (secondary N) is 1. The number of rotatable bonds is 4. The lowest BCUT2D eigenvalue weighted by atomic mass is 10.3. The zero-order valence-corrected chi connectivity index (χ0v) is 12.0. The highest BCUT2D eigenvalue weighted by Gasteiger charge is 2.12. The van der Waals surface area contributed by atoms with E-state index in [2.05, 4.69) is 25.7 Å². The molecular weight excluding hydrogens is 282 g/mol. The number of ether oxygens (including phenoxy) is 1. The van der Waals surface area contributed by atoms with Crippen LogP contribution in [-0.2, 0) is 9.53 Å². The summed E-state index contributed by atoms with van der Waals surface area (Å²) in [6, 6.07) is 14.4. The van der Waals surface area contributed by atoms with Gasteiger partial charge >= 0.3 is 5.97 Å². The van der Waals surface area contributed by atoms with Gasteiger partial charge in [-0.25, -0.2) is 9.78 Å². The lowest BCUT2D eigenvalue weighted by molar-refractivity contribution is -0.135. The van der Waals surface area contributed by atoms with Crippen molar-refractivity contribution >= 4 is 23.3 Å². The van der Waals surface area contributed by atoms with E-state index in [1.807, 2.05) is 30.3 Å². The van der Waals surface area contributed by atoms with Gasteiger partial charge in [0.1, 0.15) is 0 Å². The van der Waals surface area contributed by atoms with Crippen molar-refractivity contribution in [2.45, 2.75) is 6.92 Å². The summed E-state index contributed by atoms with van der Waals surface area (Å²) in [6.07, 6.45) is 1.58. The number of aromatic nitrogens is 1. The summed E-state index contributed by atoms with van der Waals surface area (Å²) in [4.78, 5) is 15.8. The predicted octanol–water partition coefficient (Wildman–Crippen LogP) is 3.15. The number of para-hydroxylation sites is 1. The maximum atomic E-state index is 11.8. The second-order valence-electron chi connectivity index (χ2n) is 4.02. The van der Waals surface area contributed by atoms with Crippen molar-refractivity contribution < 1.29 is 9.53 Å². The molecule has 0 saturated carbocycles. The van der Waals surface area contributed by atoms with E-state index in [1.165, 1.54) is 0 Å². The number of esters is 1. The summed E-state index contributed by atoms with van der Waals surface area (Å²) in [5.74, 6) is -0.471. The normalized spacial score (nSPS) is 11.4. The van der Waals surface area contributed by atoms with Gasteiger partial charge in [0.25, 0.3) is 5.84 Å². The molecular formula is C15H15N5O2. The van der Waals surface area contributed by atoms with Crippen LogP contribution in [0.15, 0.2) is 70.1 Å². The van der Waals surface area contributed by atoms with E-state index < -0.39 is 5.97 Å². The number of carbonyl (C=O) groups is 1.